The van der Waals surface area contributed by atoms with Crippen LogP contribution in [0.15, 0.2) is 30.3 Å². The number of rotatable bonds is 3. The van der Waals surface area contributed by atoms with Crippen LogP contribution >= 0.6 is 34.8 Å². The zero-order valence-electron chi connectivity index (χ0n) is 16.6. The number of β-amino-alcohol motifs (C(OH)–C–C–N with tert-alkyl or cyclic N) is 1. The summed E-state index contributed by atoms with van der Waals surface area (Å²) < 4.78 is 0. The fourth-order valence-corrected chi connectivity index (χ4v) is 5.64. The number of pyridine rings is 1. The summed E-state index contributed by atoms with van der Waals surface area (Å²) in [5.41, 5.74) is 5.81. The highest BCUT2D eigenvalue weighted by molar-refractivity contribution is 6.38. The molecule has 30 heavy (non-hydrogen) atoms. The van der Waals surface area contributed by atoms with Crippen LogP contribution in [0.4, 0.5) is 0 Å². The van der Waals surface area contributed by atoms with Gasteiger partial charge in [-0.3, -0.25) is 0 Å². The average molecular weight is 462 g/mol. The van der Waals surface area contributed by atoms with Gasteiger partial charge in [0.25, 0.3) is 0 Å². The number of benzene rings is 2. The van der Waals surface area contributed by atoms with Crippen LogP contribution in [-0.2, 0) is 12.8 Å². The zero-order chi connectivity index (χ0) is 20.8. The monoisotopic (exact) mass is 460 g/mol. The van der Waals surface area contributed by atoms with Gasteiger partial charge in [0.2, 0.25) is 0 Å². The smallest absolute Gasteiger partial charge is 0.0926 e. The Balaban J connectivity index is 1.72. The van der Waals surface area contributed by atoms with Crippen molar-refractivity contribution >= 4 is 45.7 Å². The van der Waals surface area contributed by atoms with Crippen molar-refractivity contribution in [1.29, 1.82) is 0 Å². The number of piperidine rings is 1. The predicted molar refractivity (Wildman–Crippen MR) is 125 cm³/mol. The average Bonchev–Trinajstić information content (AvgIpc) is 2.73. The van der Waals surface area contributed by atoms with Crippen LogP contribution in [0.5, 0.6) is 0 Å². The van der Waals surface area contributed by atoms with Crippen LogP contribution in [0.25, 0.3) is 22.2 Å². The first-order chi connectivity index (χ1) is 14.5. The van der Waals surface area contributed by atoms with Crippen LogP contribution in [-0.4, -0.2) is 34.6 Å². The molecule has 5 rings (SSSR count). The molecule has 1 N–H and O–H groups in total. The third-order valence-electron chi connectivity index (χ3n) is 6.34. The molecule has 0 spiro atoms. The third-order valence-corrected chi connectivity index (χ3v) is 7.08. The molecule has 2 aliphatic rings. The van der Waals surface area contributed by atoms with E-state index in [-0.39, 0.29) is 0 Å². The summed E-state index contributed by atoms with van der Waals surface area (Å²) in [5.74, 6) is 0. The second-order valence-corrected chi connectivity index (χ2v) is 9.60. The number of aryl methyl sites for hydroxylation is 1. The molecule has 1 atom stereocenters. The summed E-state index contributed by atoms with van der Waals surface area (Å²) in [5, 5.41) is 14.0. The number of fused-ring (bicyclic) bond motifs is 4. The Labute approximate surface area is 191 Å². The molecule has 6 heteroatoms. The molecule has 2 aromatic carbocycles. The van der Waals surface area contributed by atoms with Gasteiger partial charge in [0.15, 0.2) is 0 Å². The van der Waals surface area contributed by atoms with Crippen molar-refractivity contribution in [2.45, 2.75) is 38.2 Å². The van der Waals surface area contributed by atoms with E-state index in [2.05, 4.69) is 11.0 Å². The fraction of sp³-hybridized carbons (Fsp3) is 0.375. The van der Waals surface area contributed by atoms with Crippen LogP contribution in [0.3, 0.4) is 0 Å². The molecule has 1 aliphatic heterocycles. The maximum Gasteiger partial charge on any atom is 0.0926 e. The first-order valence-corrected chi connectivity index (χ1v) is 11.7. The minimum absolute atomic E-state index is 0.501. The molecule has 0 radical (unpaired) electrons. The van der Waals surface area contributed by atoms with E-state index in [1.807, 2.05) is 18.2 Å². The quantitative estimate of drug-likeness (QED) is 0.485. The maximum absolute atomic E-state index is 11.4. The highest BCUT2D eigenvalue weighted by Crippen LogP contribution is 2.42. The maximum atomic E-state index is 11.4. The van der Waals surface area contributed by atoms with Gasteiger partial charge in [-0.05, 0) is 79.7 Å². The van der Waals surface area contributed by atoms with Crippen LogP contribution in [0, 0.1) is 0 Å². The van der Waals surface area contributed by atoms with Gasteiger partial charge in [-0.25, -0.2) is 4.98 Å². The van der Waals surface area contributed by atoms with E-state index in [9.17, 15) is 5.11 Å². The normalized spacial score (nSPS) is 17.6. The number of nitrogens with zero attached hydrogens (tertiary/aromatic N) is 2. The van der Waals surface area contributed by atoms with E-state index >= 15 is 0 Å². The molecule has 1 saturated heterocycles. The van der Waals surface area contributed by atoms with Gasteiger partial charge in [-0.15, -0.1) is 0 Å². The van der Waals surface area contributed by atoms with Gasteiger partial charge in [-0.2, -0.15) is 0 Å². The van der Waals surface area contributed by atoms with Crippen molar-refractivity contribution in [3.8, 4) is 11.3 Å². The van der Waals surface area contributed by atoms with Gasteiger partial charge in [0.05, 0.1) is 22.3 Å². The lowest BCUT2D eigenvalue weighted by molar-refractivity contribution is 0.102. The van der Waals surface area contributed by atoms with Crippen molar-refractivity contribution in [2.24, 2.45) is 0 Å². The number of aromatic nitrogens is 1. The van der Waals surface area contributed by atoms with Crippen LogP contribution < -0.4 is 0 Å². The lowest BCUT2D eigenvalue weighted by atomic mass is 9.83. The summed E-state index contributed by atoms with van der Waals surface area (Å²) in [6.07, 6.45) is 4.73. The molecule has 1 aliphatic carbocycles. The summed E-state index contributed by atoms with van der Waals surface area (Å²) in [6.45, 7) is 2.67. The Bertz CT molecular complexity index is 1130. The molecule has 1 fully saturated rings. The van der Waals surface area contributed by atoms with E-state index in [1.54, 1.807) is 6.07 Å². The third kappa shape index (κ3) is 3.72. The lowest BCUT2D eigenvalue weighted by Gasteiger charge is -2.31. The number of likely N-dealkylation sites (tertiary alicyclic amines) is 1. The van der Waals surface area contributed by atoms with Gasteiger partial charge >= 0.3 is 0 Å². The van der Waals surface area contributed by atoms with Crippen LogP contribution in [0.2, 0.25) is 15.1 Å². The van der Waals surface area contributed by atoms with E-state index in [0.29, 0.717) is 27.1 Å². The second kappa shape index (κ2) is 8.29. The van der Waals surface area contributed by atoms with E-state index in [0.717, 1.165) is 53.7 Å². The van der Waals surface area contributed by atoms with E-state index in [4.69, 9.17) is 39.8 Å². The molecular formula is C24H23Cl3N2O. The van der Waals surface area contributed by atoms with Gasteiger partial charge in [0.1, 0.15) is 0 Å². The molecule has 2 heterocycles. The van der Waals surface area contributed by atoms with Gasteiger partial charge < -0.3 is 10.0 Å². The Morgan fingerprint density at radius 2 is 1.77 bits per heavy atom. The molecule has 156 valence electrons. The summed E-state index contributed by atoms with van der Waals surface area (Å²) in [7, 11) is 0. The Morgan fingerprint density at radius 3 is 2.57 bits per heavy atom. The molecule has 0 amide bonds. The number of hydrogen-bond donors (Lipinski definition) is 1. The minimum Gasteiger partial charge on any atom is -0.387 e. The van der Waals surface area contributed by atoms with Crippen molar-refractivity contribution in [3.05, 3.63) is 62.1 Å². The minimum atomic E-state index is -0.627. The predicted octanol–water partition coefficient (Wildman–Crippen LogP) is 6.48. The molecule has 3 aromatic rings. The number of aliphatic hydroxyl groups excluding tert-OH is 1. The molecule has 0 saturated carbocycles. The van der Waals surface area contributed by atoms with Crippen molar-refractivity contribution in [1.82, 2.24) is 9.88 Å². The topological polar surface area (TPSA) is 36.4 Å². The molecule has 1 unspecified atom stereocenters. The number of hydrogen-bond acceptors (Lipinski definition) is 3. The van der Waals surface area contributed by atoms with Gasteiger partial charge in [-0.1, -0.05) is 47.3 Å². The summed E-state index contributed by atoms with van der Waals surface area (Å²) >= 11 is 19.2. The molecule has 0 bridgehead atoms. The fourth-order valence-electron chi connectivity index (χ4n) is 4.94. The lowest BCUT2D eigenvalue weighted by Crippen LogP contribution is -2.34. The Kier molecular flexibility index (Phi) is 5.68. The van der Waals surface area contributed by atoms with E-state index < -0.39 is 6.10 Å². The Hall–Kier alpha value is -1.36. The molecular weight excluding hydrogens is 439 g/mol. The van der Waals surface area contributed by atoms with E-state index in [1.165, 1.54) is 24.8 Å². The highest BCUT2D eigenvalue weighted by Gasteiger charge is 2.28. The zero-order valence-corrected chi connectivity index (χ0v) is 18.9. The molecule has 1 aromatic heterocycles. The Morgan fingerprint density at radius 1 is 0.967 bits per heavy atom. The van der Waals surface area contributed by atoms with Crippen molar-refractivity contribution in [3.63, 3.8) is 0 Å². The largest absolute Gasteiger partial charge is 0.387 e. The molecule has 3 nitrogen and oxygen atoms in total. The SMILES string of the molecule is OC(CN1CCCCC1)c1c2c(nc3c(Cl)cc(Cl)cc13)-c1cc(Cl)ccc1CC2. The summed E-state index contributed by atoms with van der Waals surface area (Å²) in [6, 6.07) is 9.56. The number of aliphatic hydroxyl groups is 1. The second-order valence-electron chi connectivity index (χ2n) is 8.31. The van der Waals surface area contributed by atoms with Crippen molar-refractivity contribution in [2.75, 3.05) is 19.6 Å². The van der Waals surface area contributed by atoms with Crippen molar-refractivity contribution < 1.29 is 5.11 Å². The van der Waals surface area contributed by atoms with Gasteiger partial charge in [0, 0.05) is 27.5 Å². The summed E-state index contributed by atoms with van der Waals surface area (Å²) in [4.78, 5) is 7.31. The first-order valence-electron chi connectivity index (χ1n) is 10.5. The first kappa shape index (κ1) is 20.5. The standard InChI is InChI=1S/C24H23Cl3N2O/c25-15-6-4-14-5-7-17-22(21(30)13-29-8-2-1-3-9-29)19-11-16(26)12-20(27)24(19)28-23(17)18(14)10-15/h4,6,10-12,21,30H,1-3,5,7-9,13H2. The van der Waals surface area contributed by atoms with Crippen LogP contribution in [0.1, 0.15) is 42.1 Å². The highest BCUT2D eigenvalue weighted by atomic mass is 35.5. The number of halogens is 3.